The van der Waals surface area contributed by atoms with Crippen LogP contribution in [-0.4, -0.2) is 42.1 Å². The smallest absolute Gasteiger partial charge is 0.410 e. The highest BCUT2D eigenvalue weighted by Crippen LogP contribution is 2.22. The molecule has 1 saturated heterocycles. The molecule has 1 aliphatic rings. The number of nitrogens with one attached hydrogen (secondary N) is 1. The Bertz CT molecular complexity index is 869. The number of amides is 2. The predicted molar refractivity (Wildman–Crippen MR) is 107 cm³/mol. The van der Waals surface area contributed by atoms with Crippen LogP contribution in [0.1, 0.15) is 35.7 Å². The van der Waals surface area contributed by atoms with E-state index in [0.717, 1.165) is 5.56 Å². The van der Waals surface area contributed by atoms with E-state index in [0.29, 0.717) is 25.1 Å². The Morgan fingerprint density at radius 1 is 1.03 bits per heavy atom. The number of nitrogens with zero attached hydrogens (tertiary/aromatic N) is 1. The van der Waals surface area contributed by atoms with Gasteiger partial charge in [0.15, 0.2) is 0 Å². The lowest BCUT2D eigenvalue weighted by atomic mass is 10.1. The van der Waals surface area contributed by atoms with E-state index in [2.05, 4.69) is 5.32 Å². The summed E-state index contributed by atoms with van der Waals surface area (Å²) in [6, 6.07) is 15.4. The summed E-state index contributed by atoms with van der Waals surface area (Å²) >= 11 is 0. The number of carbonyl (C=O) groups is 3. The summed E-state index contributed by atoms with van der Waals surface area (Å²) in [5, 5.41) is 2.76. The number of benzene rings is 2. The molecule has 1 unspecified atom stereocenters. The van der Waals surface area contributed by atoms with E-state index in [-0.39, 0.29) is 24.7 Å². The van der Waals surface area contributed by atoms with E-state index in [1.807, 2.05) is 30.3 Å². The molecule has 0 aliphatic carbocycles. The molecule has 0 spiro atoms. The summed E-state index contributed by atoms with van der Waals surface area (Å²) in [4.78, 5) is 38.9. The highest BCUT2D eigenvalue weighted by molar-refractivity contribution is 6.03. The minimum absolute atomic E-state index is 0.149. The fourth-order valence-electron chi connectivity index (χ4n) is 3.26. The second-order valence-corrected chi connectivity index (χ2v) is 6.65. The van der Waals surface area contributed by atoms with Crippen LogP contribution < -0.4 is 5.32 Å². The standard InChI is InChI=1S/C22H24N2O5/c1-2-28-21(26)17-11-6-7-12-18(17)23-20(25)19-13-8-14-24(19)22(27)29-15-16-9-4-3-5-10-16/h3-7,9-12,19H,2,8,13-15H2,1H3,(H,23,25). The molecule has 2 aromatic rings. The molecule has 29 heavy (non-hydrogen) atoms. The largest absolute Gasteiger partial charge is 0.462 e. The third-order valence-electron chi connectivity index (χ3n) is 4.68. The van der Waals surface area contributed by atoms with Crippen molar-refractivity contribution in [3.8, 4) is 0 Å². The summed E-state index contributed by atoms with van der Waals surface area (Å²) in [5.74, 6) is -0.857. The maximum absolute atomic E-state index is 12.8. The Morgan fingerprint density at radius 3 is 2.52 bits per heavy atom. The number of para-hydroxylation sites is 1. The zero-order chi connectivity index (χ0) is 20.6. The van der Waals surface area contributed by atoms with Crippen LogP contribution in [0, 0.1) is 0 Å². The summed E-state index contributed by atoms with van der Waals surface area (Å²) < 4.78 is 10.4. The number of ether oxygens (including phenoxy) is 2. The first-order chi connectivity index (χ1) is 14.1. The zero-order valence-corrected chi connectivity index (χ0v) is 16.3. The molecule has 0 aromatic heterocycles. The molecule has 152 valence electrons. The van der Waals surface area contributed by atoms with Gasteiger partial charge in [0.05, 0.1) is 17.9 Å². The second kappa shape index (κ2) is 9.73. The summed E-state index contributed by atoms with van der Waals surface area (Å²) in [7, 11) is 0. The molecule has 1 atom stereocenters. The van der Waals surface area contributed by atoms with Gasteiger partial charge in [-0.1, -0.05) is 42.5 Å². The predicted octanol–water partition coefficient (Wildman–Crippen LogP) is 3.60. The number of likely N-dealkylation sites (tertiary alicyclic amines) is 1. The first kappa shape index (κ1) is 20.4. The Balaban J connectivity index is 1.64. The van der Waals surface area contributed by atoms with Gasteiger partial charge in [0.25, 0.3) is 0 Å². The lowest BCUT2D eigenvalue weighted by Crippen LogP contribution is -2.43. The van der Waals surface area contributed by atoms with Crippen LogP contribution in [0.15, 0.2) is 54.6 Å². The quantitative estimate of drug-likeness (QED) is 0.754. The van der Waals surface area contributed by atoms with Crippen molar-refractivity contribution in [1.29, 1.82) is 0 Å². The van der Waals surface area contributed by atoms with Crippen molar-refractivity contribution in [3.05, 3.63) is 65.7 Å². The van der Waals surface area contributed by atoms with Crippen molar-refractivity contribution >= 4 is 23.7 Å². The second-order valence-electron chi connectivity index (χ2n) is 6.65. The van der Waals surface area contributed by atoms with Gasteiger partial charge in [-0.25, -0.2) is 9.59 Å². The molecule has 0 bridgehead atoms. The first-order valence-corrected chi connectivity index (χ1v) is 9.64. The van der Waals surface area contributed by atoms with Crippen LogP contribution in [-0.2, 0) is 20.9 Å². The molecular weight excluding hydrogens is 372 g/mol. The average Bonchev–Trinajstić information content (AvgIpc) is 3.23. The molecule has 1 fully saturated rings. The normalized spacial score (nSPS) is 15.6. The topological polar surface area (TPSA) is 84.9 Å². The van der Waals surface area contributed by atoms with E-state index >= 15 is 0 Å². The van der Waals surface area contributed by atoms with Gasteiger partial charge in [-0.3, -0.25) is 9.69 Å². The Labute approximate surface area is 169 Å². The summed E-state index contributed by atoms with van der Waals surface area (Å²) in [5.41, 5.74) is 1.52. The summed E-state index contributed by atoms with van der Waals surface area (Å²) in [6.45, 7) is 2.56. The Hall–Kier alpha value is -3.35. The fraction of sp³-hybridized carbons (Fsp3) is 0.318. The van der Waals surface area contributed by atoms with Crippen molar-refractivity contribution in [3.63, 3.8) is 0 Å². The third-order valence-corrected chi connectivity index (χ3v) is 4.68. The van der Waals surface area contributed by atoms with Gasteiger partial charge >= 0.3 is 12.1 Å². The minimum Gasteiger partial charge on any atom is -0.462 e. The fourth-order valence-corrected chi connectivity index (χ4v) is 3.26. The highest BCUT2D eigenvalue weighted by Gasteiger charge is 2.35. The van der Waals surface area contributed by atoms with Crippen LogP contribution in [0.3, 0.4) is 0 Å². The van der Waals surface area contributed by atoms with Gasteiger partial charge in [0.1, 0.15) is 12.6 Å². The molecule has 0 radical (unpaired) electrons. The highest BCUT2D eigenvalue weighted by atomic mass is 16.6. The SMILES string of the molecule is CCOC(=O)c1ccccc1NC(=O)C1CCCN1C(=O)OCc1ccccc1. The van der Waals surface area contributed by atoms with Gasteiger partial charge in [-0.2, -0.15) is 0 Å². The monoisotopic (exact) mass is 396 g/mol. The number of anilines is 1. The lowest BCUT2D eigenvalue weighted by molar-refractivity contribution is -0.120. The molecule has 2 amide bonds. The van der Waals surface area contributed by atoms with Crippen molar-refractivity contribution in [1.82, 2.24) is 4.90 Å². The first-order valence-electron chi connectivity index (χ1n) is 9.64. The Morgan fingerprint density at radius 2 is 1.76 bits per heavy atom. The number of hydrogen-bond donors (Lipinski definition) is 1. The Kier molecular flexibility index (Phi) is 6.84. The van der Waals surface area contributed by atoms with Crippen molar-refractivity contribution < 1.29 is 23.9 Å². The zero-order valence-electron chi connectivity index (χ0n) is 16.3. The number of rotatable bonds is 6. The molecule has 2 aromatic carbocycles. The maximum Gasteiger partial charge on any atom is 0.410 e. The van der Waals surface area contributed by atoms with Gasteiger partial charge in [0, 0.05) is 6.54 Å². The molecule has 1 aliphatic heterocycles. The van der Waals surface area contributed by atoms with E-state index in [1.54, 1.807) is 31.2 Å². The molecular formula is C22H24N2O5. The lowest BCUT2D eigenvalue weighted by Gasteiger charge is -2.23. The van der Waals surface area contributed by atoms with Gasteiger partial charge in [-0.05, 0) is 37.5 Å². The van der Waals surface area contributed by atoms with E-state index < -0.39 is 18.1 Å². The summed E-state index contributed by atoms with van der Waals surface area (Å²) in [6.07, 6.45) is 0.719. The number of hydrogen-bond acceptors (Lipinski definition) is 5. The molecule has 0 saturated carbocycles. The van der Waals surface area contributed by atoms with E-state index in [1.165, 1.54) is 4.90 Å². The van der Waals surface area contributed by atoms with E-state index in [9.17, 15) is 14.4 Å². The molecule has 1 heterocycles. The maximum atomic E-state index is 12.8. The number of carbonyl (C=O) groups excluding carboxylic acids is 3. The van der Waals surface area contributed by atoms with Gasteiger partial charge < -0.3 is 14.8 Å². The van der Waals surface area contributed by atoms with Crippen LogP contribution in [0.4, 0.5) is 10.5 Å². The number of esters is 1. The van der Waals surface area contributed by atoms with Crippen LogP contribution in [0.2, 0.25) is 0 Å². The van der Waals surface area contributed by atoms with Crippen LogP contribution >= 0.6 is 0 Å². The minimum atomic E-state index is -0.645. The molecule has 7 heteroatoms. The van der Waals surface area contributed by atoms with Crippen LogP contribution in [0.25, 0.3) is 0 Å². The van der Waals surface area contributed by atoms with Gasteiger partial charge in [-0.15, -0.1) is 0 Å². The molecule has 3 rings (SSSR count). The molecule has 1 N–H and O–H groups in total. The van der Waals surface area contributed by atoms with Crippen molar-refractivity contribution in [2.24, 2.45) is 0 Å². The average molecular weight is 396 g/mol. The molecule has 7 nitrogen and oxygen atoms in total. The van der Waals surface area contributed by atoms with Crippen LogP contribution in [0.5, 0.6) is 0 Å². The van der Waals surface area contributed by atoms with Gasteiger partial charge in [0.2, 0.25) is 5.91 Å². The van der Waals surface area contributed by atoms with Crippen molar-refractivity contribution in [2.45, 2.75) is 32.4 Å². The van der Waals surface area contributed by atoms with E-state index in [4.69, 9.17) is 9.47 Å². The van der Waals surface area contributed by atoms with Crippen molar-refractivity contribution in [2.75, 3.05) is 18.5 Å². The third kappa shape index (κ3) is 5.13.